The first kappa shape index (κ1) is 40.7. The number of nitriles is 1. The van der Waals surface area contributed by atoms with Crippen LogP contribution in [0.4, 0.5) is 0 Å². The molecule has 7 heterocycles. The summed E-state index contributed by atoms with van der Waals surface area (Å²) < 4.78 is 36.8. The predicted molar refractivity (Wildman–Crippen MR) is 221 cm³/mol. The van der Waals surface area contributed by atoms with Gasteiger partial charge in [0.05, 0.1) is 37.6 Å². The topological polar surface area (TPSA) is 181 Å². The van der Waals surface area contributed by atoms with Crippen molar-refractivity contribution in [1.29, 1.82) is 5.26 Å². The van der Waals surface area contributed by atoms with E-state index in [0.29, 0.717) is 70.4 Å². The Morgan fingerprint density at radius 1 is 1.03 bits per heavy atom. The number of piperazine rings is 1. The molecule has 10 rings (SSSR count). The lowest BCUT2D eigenvalue weighted by atomic mass is 9.72. The molecule has 7 atom stereocenters. The van der Waals surface area contributed by atoms with Crippen molar-refractivity contribution in [3.05, 3.63) is 68.3 Å². The molecule has 7 aliphatic rings. The third kappa shape index (κ3) is 6.28. The molecule has 15 heteroatoms. The van der Waals surface area contributed by atoms with Crippen LogP contribution in [0.5, 0.6) is 34.5 Å². The molecule has 0 saturated carbocycles. The van der Waals surface area contributed by atoms with Gasteiger partial charge in [-0.05, 0) is 79.8 Å². The summed E-state index contributed by atoms with van der Waals surface area (Å²) >= 11 is 1.53. The third-order valence-corrected chi connectivity index (χ3v) is 14.9. The van der Waals surface area contributed by atoms with Crippen LogP contribution in [0.2, 0.25) is 0 Å². The predicted octanol–water partition coefficient (Wildman–Crippen LogP) is 5.03. The number of thioether (sulfide) groups is 1. The maximum Gasteiger partial charge on any atom is 0.331 e. The van der Waals surface area contributed by atoms with E-state index >= 15 is 4.79 Å². The van der Waals surface area contributed by atoms with E-state index in [1.165, 1.54) is 18.7 Å². The minimum absolute atomic E-state index is 0.0427. The van der Waals surface area contributed by atoms with Crippen LogP contribution in [0.1, 0.15) is 100 Å². The van der Waals surface area contributed by atoms with Crippen LogP contribution < -0.4 is 34.3 Å². The van der Waals surface area contributed by atoms with Gasteiger partial charge in [-0.25, -0.2) is 4.79 Å². The highest BCUT2D eigenvalue weighted by molar-refractivity contribution is 7.99. The van der Waals surface area contributed by atoms with Crippen molar-refractivity contribution >= 4 is 23.7 Å². The number of carbonyl (C=O) groups is 2. The number of aryl methyl sites for hydroxylation is 2. The molecule has 0 radical (unpaired) electrons. The SMILES string of the molecule is COc1cc2c(cc1CCCCCCO)CCN[C@]21CS[C@@H]2c3c(OC(C)=O)c(C)c4c(c3C(COC1=O)N1[C@@H]2[C@@H]2N[C@@H](Cc3cc(C)c(OC)c(O)c32)[C@@H]1C#N)OCO4. The largest absolute Gasteiger partial charge is 0.504 e. The smallest absolute Gasteiger partial charge is 0.331 e. The van der Waals surface area contributed by atoms with Gasteiger partial charge in [0, 0.05) is 60.2 Å². The number of aromatic hydroxyl groups is 1. The Kier molecular flexibility index (Phi) is 10.8. The molecule has 7 aliphatic heterocycles. The molecule has 4 N–H and O–H groups in total. The number of aliphatic hydroxyl groups excluding tert-OH is 1. The maximum absolute atomic E-state index is 15.0. The Labute approximate surface area is 353 Å². The number of carbonyl (C=O) groups excluding carboxylic acids is 2. The summed E-state index contributed by atoms with van der Waals surface area (Å²) in [6, 6.07) is 6.04. The van der Waals surface area contributed by atoms with Gasteiger partial charge in [-0.1, -0.05) is 25.0 Å². The second-order valence-electron chi connectivity index (χ2n) is 16.7. The zero-order valence-electron chi connectivity index (χ0n) is 34.6. The van der Waals surface area contributed by atoms with E-state index in [-0.39, 0.29) is 37.6 Å². The van der Waals surface area contributed by atoms with Gasteiger partial charge in [0.1, 0.15) is 24.1 Å². The summed E-state index contributed by atoms with van der Waals surface area (Å²) in [6.45, 7) is 5.64. The number of phenolic OH excluding ortho intramolecular Hbond substituents is 1. The molecule has 2 saturated heterocycles. The van der Waals surface area contributed by atoms with Crippen molar-refractivity contribution in [2.24, 2.45) is 0 Å². The molecule has 0 amide bonds. The fourth-order valence-electron chi connectivity index (χ4n) is 10.9. The van der Waals surface area contributed by atoms with Crippen LogP contribution in [0.15, 0.2) is 18.2 Å². The van der Waals surface area contributed by atoms with E-state index in [1.807, 2.05) is 26.0 Å². The normalized spacial score (nSPS) is 27.2. The minimum atomic E-state index is -1.28. The average molecular weight is 841 g/mol. The van der Waals surface area contributed by atoms with Gasteiger partial charge in [-0.2, -0.15) is 5.26 Å². The molecule has 2 fully saturated rings. The van der Waals surface area contributed by atoms with Gasteiger partial charge in [0.15, 0.2) is 28.5 Å². The number of nitrogens with one attached hydrogen (secondary N) is 2. The van der Waals surface area contributed by atoms with Crippen molar-refractivity contribution in [2.75, 3.05) is 46.5 Å². The zero-order chi connectivity index (χ0) is 42.0. The van der Waals surface area contributed by atoms with Gasteiger partial charge >= 0.3 is 11.9 Å². The van der Waals surface area contributed by atoms with E-state index in [4.69, 9.17) is 28.4 Å². The number of methoxy groups -OCH3 is 2. The van der Waals surface area contributed by atoms with Gasteiger partial charge in [0.2, 0.25) is 6.79 Å². The molecule has 4 bridgehead atoms. The number of hydrogen-bond acceptors (Lipinski definition) is 15. The molecule has 1 unspecified atom stereocenters. The highest BCUT2D eigenvalue weighted by Gasteiger charge is 2.60. The summed E-state index contributed by atoms with van der Waals surface area (Å²) in [5.41, 5.74) is 6.03. The van der Waals surface area contributed by atoms with Crippen LogP contribution in [-0.4, -0.2) is 91.7 Å². The van der Waals surface area contributed by atoms with Crippen molar-refractivity contribution in [3.63, 3.8) is 0 Å². The summed E-state index contributed by atoms with van der Waals surface area (Å²) in [7, 11) is 3.19. The summed E-state index contributed by atoms with van der Waals surface area (Å²) in [6.07, 6.45) is 5.66. The van der Waals surface area contributed by atoms with E-state index in [9.17, 15) is 20.3 Å². The van der Waals surface area contributed by atoms with Crippen LogP contribution in [0.25, 0.3) is 0 Å². The minimum Gasteiger partial charge on any atom is -0.504 e. The van der Waals surface area contributed by atoms with Crippen molar-refractivity contribution in [2.45, 2.75) is 107 Å². The Hall–Kier alpha value is -4.72. The molecule has 60 heavy (non-hydrogen) atoms. The zero-order valence-corrected chi connectivity index (χ0v) is 35.5. The first-order valence-electron chi connectivity index (χ1n) is 20.9. The second kappa shape index (κ2) is 16.0. The quantitative estimate of drug-likeness (QED) is 0.128. The fraction of sp³-hybridized carbons (Fsp3) is 0.533. The molecular weight excluding hydrogens is 789 g/mol. The molecule has 0 aromatic heterocycles. The summed E-state index contributed by atoms with van der Waals surface area (Å²) in [5.74, 6) is 1.67. The molecule has 318 valence electrons. The molecule has 0 aliphatic carbocycles. The van der Waals surface area contributed by atoms with E-state index in [2.05, 4.69) is 27.7 Å². The van der Waals surface area contributed by atoms with Gasteiger partial charge in [-0.3, -0.25) is 15.0 Å². The first-order valence-corrected chi connectivity index (χ1v) is 21.9. The van der Waals surface area contributed by atoms with Crippen LogP contribution >= 0.6 is 11.8 Å². The number of phenols is 1. The Morgan fingerprint density at radius 2 is 1.83 bits per heavy atom. The van der Waals surface area contributed by atoms with Crippen LogP contribution in [0.3, 0.4) is 0 Å². The number of unbranched alkanes of at least 4 members (excludes halogenated alkanes) is 3. The lowest BCUT2D eigenvalue weighted by Crippen LogP contribution is -2.69. The monoisotopic (exact) mass is 840 g/mol. The van der Waals surface area contributed by atoms with Gasteiger partial charge in [-0.15, -0.1) is 11.8 Å². The molecule has 3 aromatic carbocycles. The molecule has 14 nitrogen and oxygen atoms in total. The van der Waals surface area contributed by atoms with Crippen molar-refractivity contribution in [1.82, 2.24) is 15.5 Å². The number of aliphatic hydroxyl groups is 1. The van der Waals surface area contributed by atoms with Crippen molar-refractivity contribution in [3.8, 4) is 40.6 Å². The van der Waals surface area contributed by atoms with Crippen LogP contribution in [0, 0.1) is 25.2 Å². The van der Waals surface area contributed by atoms with Gasteiger partial charge < -0.3 is 44.0 Å². The van der Waals surface area contributed by atoms with E-state index in [1.54, 1.807) is 14.2 Å². The second-order valence-corrected chi connectivity index (χ2v) is 17.8. The summed E-state index contributed by atoms with van der Waals surface area (Å²) in [4.78, 5) is 30.2. The highest BCUT2D eigenvalue weighted by atomic mass is 32.2. The lowest BCUT2D eigenvalue weighted by Gasteiger charge is -2.59. The molecular formula is C45H52N4O10S. The fourth-order valence-corrected chi connectivity index (χ4v) is 12.6. The van der Waals surface area contributed by atoms with E-state index in [0.717, 1.165) is 59.9 Å². The van der Waals surface area contributed by atoms with Crippen LogP contribution in [-0.2, 0) is 39.1 Å². The molecule has 3 aromatic rings. The number of rotatable bonds is 9. The van der Waals surface area contributed by atoms with E-state index < -0.39 is 46.9 Å². The summed E-state index contributed by atoms with van der Waals surface area (Å²) in [5, 5.41) is 39.2. The number of fused-ring (bicyclic) bond motifs is 9. The number of esters is 2. The Bertz CT molecular complexity index is 2300. The number of hydrogen-bond donors (Lipinski definition) is 4. The standard InChI is InChI=1S/C45H52N4O10S/c1-22-14-27-16-29-30(18-46)49-31-19-56-44(53)45(28-17-32(54-4)26(10-8-6-7-9-13-50)15-25(28)11-12-47-45)20-60-43(37(49)36(48-29)33(27)38(52)39(22)55-5)35-34(31)42-41(57-21-58-42)23(2)40(35)59-24(3)51/h14-15,17,29-31,36-37,43,47-48,50,52H,6-13,16,19-21H2,1-5H3/t29-,30-,31?,36+,37+,43+,45+/m0/s1. The number of nitrogens with zero attached hydrogens (tertiary/aromatic N) is 2. The van der Waals surface area contributed by atoms with Gasteiger partial charge in [0.25, 0.3) is 0 Å². The number of benzene rings is 3. The Morgan fingerprint density at radius 3 is 2.58 bits per heavy atom. The first-order chi connectivity index (χ1) is 29.1. The average Bonchev–Trinajstić information content (AvgIpc) is 3.73. The lowest BCUT2D eigenvalue weighted by molar-refractivity contribution is -0.155. The number of ether oxygens (including phenoxy) is 6. The Balaban J connectivity index is 1.24. The maximum atomic E-state index is 15.0. The highest BCUT2D eigenvalue weighted by Crippen LogP contribution is 2.63. The third-order valence-electron chi connectivity index (χ3n) is 13.4. The molecule has 1 spiro atoms. The van der Waals surface area contributed by atoms with Crippen molar-refractivity contribution < 1.29 is 48.2 Å².